The van der Waals surface area contributed by atoms with Gasteiger partial charge in [0, 0.05) is 38.0 Å². The van der Waals surface area contributed by atoms with Crippen molar-refractivity contribution in [1.82, 2.24) is 15.0 Å². The van der Waals surface area contributed by atoms with E-state index in [0.717, 1.165) is 23.4 Å². The number of pyridine rings is 1. The lowest BCUT2D eigenvalue weighted by Gasteiger charge is -2.17. The van der Waals surface area contributed by atoms with Crippen LogP contribution in [-0.4, -0.2) is 34.5 Å². The molecule has 0 aliphatic rings. The molecule has 5 heteroatoms. The van der Waals surface area contributed by atoms with E-state index in [2.05, 4.69) is 10.1 Å². The van der Waals surface area contributed by atoms with Gasteiger partial charge in [0.15, 0.2) is 0 Å². The van der Waals surface area contributed by atoms with Gasteiger partial charge in [0.05, 0.1) is 5.69 Å². The van der Waals surface area contributed by atoms with Crippen LogP contribution >= 0.6 is 0 Å². The molecule has 2 aromatic rings. The second-order valence-corrected chi connectivity index (χ2v) is 5.22. The van der Waals surface area contributed by atoms with E-state index < -0.39 is 0 Å². The largest absolute Gasteiger partial charge is 0.361 e. The summed E-state index contributed by atoms with van der Waals surface area (Å²) in [6.45, 7) is 4.50. The third-order valence-electron chi connectivity index (χ3n) is 3.68. The van der Waals surface area contributed by atoms with Crippen molar-refractivity contribution in [3.8, 4) is 0 Å². The molecule has 0 aliphatic carbocycles. The number of hydrogen-bond donors (Lipinski definition) is 0. The molecule has 2 heterocycles. The van der Waals surface area contributed by atoms with Crippen molar-refractivity contribution in [2.45, 2.75) is 33.1 Å². The highest BCUT2D eigenvalue weighted by Crippen LogP contribution is 2.14. The predicted octanol–water partition coefficient (Wildman–Crippen LogP) is 2.32. The van der Waals surface area contributed by atoms with Crippen LogP contribution in [0.2, 0.25) is 0 Å². The first kappa shape index (κ1) is 15.2. The van der Waals surface area contributed by atoms with Crippen molar-refractivity contribution in [3.63, 3.8) is 0 Å². The Morgan fingerprint density at radius 2 is 1.95 bits per heavy atom. The number of aromatic nitrogens is 2. The van der Waals surface area contributed by atoms with Crippen LogP contribution < -0.4 is 0 Å². The third-order valence-corrected chi connectivity index (χ3v) is 3.68. The molecule has 0 saturated heterocycles. The molecule has 2 aromatic heterocycles. The summed E-state index contributed by atoms with van der Waals surface area (Å²) < 4.78 is 5.11. The highest BCUT2D eigenvalue weighted by atomic mass is 16.5. The molecule has 1 amide bonds. The maximum atomic E-state index is 12.1. The van der Waals surface area contributed by atoms with Crippen molar-refractivity contribution in [2.24, 2.45) is 0 Å². The van der Waals surface area contributed by atoms with Gasteiger partial charge in [-0.2, -0.15) is 0 Å². The summed E-state index contributed by atoms with van der Waals surface area (Å²) in [7, 11) is 1.84. The fraction of sp³-hybridized carbons (Fsp3) is 0.438. The van der Waals surface area contributed by atoms with Gasteiger partial charge in [-0.3, -0.25) is 9.78 Å². The molecule has 21 heavy (non-hydrogen) atoms. The first-order valence-electron chi connectivity index (χ1n) is 7.12. The van der Waals surface area contributed by atoms with Gasteiger partial charge >= 0.3 is 0 Å². The molecule has 0 aromatic carbocycles. The Kier molecular flexibility index (Phi) is 5.09. The number of nitrogens with zero attached hydrogens (tertiary/aromatic N) is 3. The van der Waals surface area contributed by atoms with E-state index in [4.69, 9.17) is 4.52 Å². The molecule has 0 spiro atoms. The van der Waals surface area contributed by atoms with Gasteiger partial charge in [-0.25, -0.2) is 0 Å². The normalized spacial score (nSPS) is 10.6. The van der Waals surface area contributed by atoms with Crippen molar-refractivity contribution >= 4 is 5.91 Å². The molecule has 0 atom stereocenters. The van der Waals surface area contributed by atoms with Crippen molar-refractivity contribution in [1.29, 1.82) is 0 Å². The molecule has 0 fully saturated rings. The van der Waals surface area contributed by atoms with Gasteiger partial charge in [0.1, 0.15) is 5.76 Å². The van der Waals surface area contributed by atoms with E-state index in [-0.39, 0.29) is 5.91 Å². The van der Waals surface area contributed by atoms with Crippen LogP contribution in [0, 0.1) is 13.8 Å². The minimum atomic E-state index is 0.143. The lowest BCUT2D eigenvalue weighted by Crippen LogP contribution is -2.29. The SMILES string of the molecule is Cc1noc(C)c1CCC(=O)N(C)CCc1ccncc1. The Balaban J connectivity index is 1.80. The van der Waals surface area contributed by atoms with Gasteiger partial charge in [0.2, 0.25) is 5.91 Å². The quantitative estimate of drug-likeness (QED) is 0.818. The summed E-state index contributed by atoms with van der Waals surface area (Å²) in [5.74, 6) is 0.948. The van der Waals surface area contributed by atoms with Crippen LogP contribution in [0.1, 0.15) is 29.0 Å². The van der Waals surface area contributed by atoms with Crippen molar-refractivity contribution < 1.29 is 9.32 Å². The Bertz CT molecular complexity index is 573. The van der Waals surface area contributed by atoms with Gasteiger partial charge in [-0.1, -0.05) is 5.16 Å². The second kappa shape index (κ2) is 7.02. The number of likely N-dealkylation sites (N-methyl/N-ethyl adjacent to an activating group) is 1. The maximum Gasteiger partial charge on any atom is 0.222 e. The average molecular weight is 287 g/mol. The zero-order valence-electron chi connectivity index (χ0n) is 12.8. The molecule has 2 rings (SSSR count). The van der Waals surface area contributed by atoms with E-state index in [9.17, 15) is 4.79 Å². The summed E-state index contributed by atoms with van der Waals surface area (Å²) in [6.07, 6.45) is 5.55. The Labute approximate surface area is 125 Å². The molecule has 0 N–H and O–H groups in total. The highest BCUT2D eigenvalue weighted by molar-refractivity contribution is 5.76. The first-order valence-corrected chi connectivity index (χ1v) is 7.12. The number of hydrogen-bond acceptors (Lipinski definition) is 4. The molecular formula is C16H21N3O2. The molecular weight excluding hydrogens is 266 g/mol. The lowest BCUT2D eigenvalue weighted by molar-refractivity contribution is -0.129. The van der Waals surface area contributed by atoms with Crippen LogP contribution in [0.3, 0.4) is 0 Å². The smallest absolute Gasteiger partial charge is 0.222 e. The number of aryl methyl sites for hydroxylation is 2. The summed E-state index contributed by atoms with van der Waals surface area (Å²) in [6, 6.07) is 3.95. The van der Waals surface area contributed by atoms with Crippen LogP contribution in [0.15, 0.2) is 29.0 Å². The third kappa shape index (κ3) is 4.15. The Hall–Kier alpha value is -2.17. The number of rotatable bonds is 6. The monoisotopic (exact) mass is 287 g/mol. The van der Waals surface area contributed by atoms with Crippen molar-refractivity contribution in [3.05, 3.63) is 47.1 Å². The van der Waals surface area contributed by atoms with Crippen molar-refractivity contribution in [2.75, 3.05) is 13.6 Å². The van der Waals surface area contributed by atoms with Crippen LogP contribution in [0.5, 0.6) is 0 Å². The molecule has 0 aliphatic heterocycles. The molecule has 0 saturated carbocycles. The fourth-order valence-corrected chi connectivity index (χ4v) is 2.25. The summed E-state index contributed by atoms with van der Waals surface area (Å²) in [5.41, 5.74) is 3.11. The lowest BCUT2D eigenvalue weighted by atomic mass is 10.1. The molecule has 0 unspecified atom stereocenters. The zero-order valence-corrected chi connectivity index (χ0v) is 12.8. The van der Waals surface area contributed by atoms with Gasteiger partial charge in [0.25, 0.3) is 0 Å². The van der Waals surface area contributed by atoms with Crippen LogP contribution in [-0.2, 0) is 17.6 Å². The Morgan fingerprint density at radius 1 is 1.24 bits per heavy atom. The van der Waals surface area contributed by atoms with E-state index in [1.165, 1.54) is 5.56 Å². The maximum absolute atomic E-state index is 12.1. The zero-order chi connectivity index (χ0) is 15.2. The number of carbonyl (C=O) groups excluding carboxylic acids is 1. The molecule has 0 radical (unpaired) electrons. The van der Waals surface area contributed by atoms with Gasteiger partial charge < -0.3 is 9.42 Å². The molecule has 112 valence electrons. The standard InChI is InChI=1S/C16H21N3O2/c1-12-15(13(2)21-18-12)4-5-16(20)19(3)11-8-14-6-9-17-10-7-14/h6-7,9-10H,4-5,8,11H2,1-3H3. The fourth-order valence-electron chi connectivity index (χ4n) is 2.25. The molecule has 0 bridgehead atoms. The summed E-state index contributed by atoms with van der Waals surface area (Å²) in [4.78, 5) is 17.9. The topological polar surface area (TPSA) is 59.2 Å². The number of amides is 1. The average Bonchev–Trinajstić information content (AvgIpc) is 2.82. The Morgan fingerprint density at radius 3 is 2.57 bits per heavy atom. The predicted molar refractivity (Wildman–Crippen MR) is 79.9 cm³/mol. The van der Waals surface area contributed by atoms with Gasteiger partial charge in [-0.15, -0.1) is 0 Å². The highest BCUT2D eigenvalue weighted by Gasteiger charge is 2.13. The van der Waals surface area contributed by atoms with E-state index >= 15 is 0 Å². The van der Waals surface area contributed by atoms with E-state index in [1.54, 1.807) is 17.3 Å². The van der Waals surface area contributed by atoms with E-state index in [0.29, 0.717) is 19.4 Å². The number of carbonyl (C=O) groups is 1. The van der Waals surface area contributed by atoms with Crippen LogP contribution in [0.4, 0.5) is 0 Å². The van der Waals surface area contributed by atoms with E-state index in [1.807, 2.05) is 33.0 Å². The first-order chi connectivity index (χ1) is 10.1. The summed E-state index contributed by atoms with van der Waals surface area (Å²) >= 11 is 0. The minimum Gasteiger partial charge on any atom is -0.361 e. The molecule has 5 nitrogen and oxygen atoms in total. The second-order valence-electron chi connectivity index (χ2n) is 5.22. The van der Waals surface area contributed by atoms with Gasteiger partial charge in [-0.05, 0) is 44.4 Å². The summed E-state index contributed by atoms with van der Waals surface area (Å²) in [5, 5.41) is 3.91. The minimum absolute atomic E-state index is 0.143. The van der Waals surface area contributed by atoms with Crippen LogP contribution in [0.25, 0.3) is 0 Å².